The fourth-order valence-electron chi connectivity index (χ4n) is 2.59. The largest absolute Gasteiger partial charge is 0.378 e. The lowest BCUT2D eigenvalue weighted by Gasteiger charge is -2.06. The van der Waals surface area contributed by atoms with Crippen molar-refractivity contribution in [3.8, 4) is 0 Å². The first kappa shape index (κ1) is 15.9. The van der Waals surface area contributed by atoms with Gasteiger partial charge in [-0.2, -0.15) is 0 Å². The summed E-state index contributed by atoms with van der Waals surface area (Å²) in [5, 5.41) is 4.78. The zero-order valence-electron chi connectivity index (χ0n) is 13.1. The van der Waals surface area contributed by atoms with Gasteiger partial charge in [-0.05, 0) is 38.1 Å². The van der Waals surface area contributed by atoms with E-state index in [9.17, 15) is 0 Å². The van der Waals surface area contributed by atoms with Crippen molar-refractivity contribution in [2.45, 2.75) is 65.5 Å². The third-order valence-corrected chi connectivity index (χ3v) is 4.68. The van der Waals surface area contributed by atoms with Crippen LogP contribution in [0.25, 0.3) is 0 Å². The summed E-state index contributed by atoms with van der Waals surface area (Å²) < 4.78 is 5.74. The van der Waals surface area contributed by atoms with E-state index in [0.717, 1.165) is 32.5 Å². The Balaban J connectivity index is 2.00. The first-order valence-corrected chi connectivity index (χ1v) is 8.80. The van der Waals surface area contributed by atoms with Crippen LogP contribution in [0.15, 0.2) is 0 Å². The van der Waals surface area contributed by atoms with E-state index in [1.165, 1.54) is 34.8 Å². The van der Waals surface area contributed by atoms with E-state index in [2.05, 4.69) is 26.1 Å². The predicted molar refractivity (Wildman–Crippen MR) is 85.3 cm³/mol. The number of hydrogen-bond acceptors (Lipinski definition) is 4. The SMILES string of the molecule is CCCNCc1sc(CC2CCCO2)nc1CC(C)C. The quantitative estimate of drug-likeness (QED) is 0.745. The van der Waals surface area contributed by atoms with Crippen LogP contribution >= 0.6 is 11.3 Å². The topological polar surface area (TPSA) is 34.1 Å². The number of aromatic nitrogens is 1. The number of ether oxygens (including phenoxy) is 1. The second-order valence-corrected chi connectivity index (χ2v) is 7.26. The summed E-state index contributed by atoms with van der Waals surface area (Å²) in [5.41, 5.74) is 1.31. The molecule has 2 heterocycles. The van der Waals surface area contributed by atoms with Crippen LogP contribution < -0.4 is 5.32 Å². The number of rotatable bonds is 8. The van der Waals surface area contributed by atoms with E-state index < -0.39 is 0 Å². The molecule has 3 nitrogen and oxygen atoms in total. The zero-order chi connectivity index (χ0) is 14.4. The van der Waals surface area contributed by atoms with Crippen LogP contribution in [0, 0.1) is 5.92 Å². The minimum Gasteiger partial charge on any atom is -0.378 e. The summed E-state index contributed by atoms with van der Waals surface area (Å²) in [6, 6.07) is 0. The summed E-state index contributed by atoms with van der Waals surface area (Å²) in [6.45, 7) is 9.72. The highest BCUT2D eigenvalue weighted by Crippen LogP contribution is 2.25. The molecule has 0 saturated carbocycles. The van der Waals surface area contributed by atoms with Crippen LogP contribution in [-0.4, -0.2) is 24.2 Å². The first-order valence-electron chi connectivity index (χ1n) is 7.98. The second-order valence-electron chi connectivity index (χ2n) is 6.09. The number of nitrogens with one attached hydrogen (secondary N) is 1. The molecule has 20 heavy (non-hydrogen) atoms. The van der Waals surface area contributed by atoms with Gasteiger partial charge in [0.25, 0.3) is 0 Å². The highest BCUT2D eigenvalue weighted by atomic mass is 32.1. The molecule has 1 aliphatic heterocycles. The van der Waals surface area contributed by atoms with Crippen molar-refractivity contribution in [3.63, 3.8) is 0 Å². The van der Waals surface area contributed by atoms with E-state index in [0.29, 0.717) is 12.0 Å². The number of hydrogen-bond donors (Lipinski definition) is 1. The summed E-state index contributed by atoms with van der Waals surface area (Å²) >= 11 is 1.89. The molecular weight excluding hydrogens is 268 g/mol. The van der Waals surface area contributed by atoms with Gasteiger partial charge in [-0.1, -0.05) is 20.8 Å². The van der Waals surface area contributed by atoms with Crippen molar-refractivity contribution in [1.29, 1.82) is 0 Å². The Morgan fingerprint density at radius 2 is 2.30 bits per heavy atom. The third kappa shape index (κ3) is 4.83. The van der Waals surface area contributed by atoms with Crippen LogP contribution in [-0.2, 0) is 24.1 Å². The minimum atomic E-state index is 0.407. The lowest BCUT2D eigenvalue weighted by atomic mass is 10.1. The van der Waals surface area contributed by atoms with Crippen LogP contribution in [0.3, 0.4) is 0 Å². The van der Waals surface area contributed by atoms with Gasteiger partial charge in [0.1, 0.15) is 0 Å². The predicted octanol–water partition coefficient (Wildman–Crippen LogP) is 3.56. The molecule has 0 radical (unpaired) electrons. The van der Waals surface area contributed by atoms with Gasteiger partial charge in [0, 0.05) is 24.4 Å². The molecule has 1 aromatic heterocycles. The number of thiazole rings is 1. The maximum atomic E-state index is 5.74. The molecule has 0 aliphatic carbocycles. The van der Waals surface area contributed by atoms with Crippen LogP contribution in [0.2, 0.25) is 0 Å². The minimum absolute atomic E-state index is 0.407. The van der Waals surface area contributed by atoms with E-state index in [4.69, 9.17) is 9.72 Å². The maximum Gasteiger partial charge on any atom is 0.0957 e. The Bertz CT molecular complexity index is 397. The highest BCUT2D eigenvalue weighted by Gasteiger charge is 2.19. The Morgan fingerprint density at radius 1 is 1.45 bits per heavy atom. The van der Waals surface area contributed by atoms with E-state index in [1.54, 1.807) is 0 Å². The molecule has 1 atom stereocenters. The van der Waals surface area contributed by atoms with Crippen molar-refractivity contribution < 1.29 is 4.74 Å². The molecule has 0 amide bonds. The molecular formula is C16H28N2OS. The summed E-state index contributed by atoms with van der Waals surface area (Å²) in [5.74, 6) is 0.664. The molecule has 1 saturated heterocycles. The van der Waals surface area contributed by atoms with E-state index in [1.807, 2.05) is 11.3 Å². The van der Waals surface area contributed by atoms with Gasteiger partial charge >= 0.3 is 0 Å². The standard InChI is InChI=1S/C16H28N2OS/c1-4-7-17-11-15-14(9-12(2)3)18-16(20-15)10-13-6-5-8-19-13/h12-13,17H,4-11H2,1-3H3. The van der Waals surface area contributed by atoms with Crippen molar-refractivity contribution in [1.82, 2.24) is 10.3 Å². The average Bonchev–Trinajstić information content (AvgIpc) is 3.00. The van der Waals surface area contributed by atoms with Gasteiger partial charge in [-0.3, -0.25) is 0 Å². The van der Waals surface area contributed by atoms with Gasteiger partial charge in [0.15, 0.2) is 0 Å². The molecule has 1 aromatic rings. The molecule has 1 aliphatic rings. The van der Waals surface area contributed by atoms with Crippen LogP contribution in [0.5, 0.6) is 0 Å². The summed E-state index contributed by atoms with van der Waals surface area (Å²) in [4.78, 5) is 6.32. The normalized spacial score (nSPS) is 19.1. The first-order chi connectivity index (χ1) is 9.69. The Kier molecular flexibility index (Phi) is 6.46. The van der Waals surface area contributed by atoms with Crippen molar-refractivity contribution >= 4 is 11.3 Å². The lowest BCUT2D eigenvalue weighted by molar-refractivity contribution is 0.111. The van der Waals surface area contributed by atoms with Crippen molar-refractivity contribution in [3.05, 3.63) is 15.6 Å². The zero-order valence-corrected chi connectivity index (χ0v) is 13.9. The third-order valence-electron chi connectivity index (χ3n) is 3.56. The maximum absolute atomic E-state index is 5.74. The van der Waals surface area contributed by atoms with E-state index >= 15 is 0 Å². The monoisotopic (exact) mass is 296 g/mol. The Hall–Kier alpha value is -0.450. The highest BCUT2D eigenvalue weighted by molar-refractivity contribution is 7.11. The fourth-order valence-corrected chi connectivity index (χ4v) is 3.72. The smallest absolute Gasteiger partial charge is 0.0957 e. The summed E-state index contributed by atoms with van der Waals surface area (Å²) in [7, 11) is 0. The van der Waals surface area contributed by atoms with E-state index in [-0.39, 0.29) is 0 Å². The molecule has 0 spiro atoms. The average molecular weight is 296 g/mol. The molecule has 1 fully saturated rings. The summed E-state index contributed by atoms with van der Waals surface area (Å²) in [6.07, 6.45) is 6.09. The number of nitrogens with zero attached hydrogens (tertiary/aromatic N) is 1. The molecule has 2 rings (SSSR count). The Morgan fingerprint density at radius 3 is 2.95 bits per heavy atom. The molecule has 1 N–H and O–H groups in total. The van der Waals surface area contributed by atoms with Crippen molar-refractivity contribution in [2.24, 2.45) is 5.92 Å². The molecule has 0 aromatic carbocycles. The van der Waals surface area contributed by atoms with Gasteiger partial charge in [0.05, 0.1) is 16.8 Å². The lowest BCUT2D eigenvalue weighted by Crippen LogP contribution is -2.14. The molecule has 4 heteroatoms. The molecule has 114 valence electrons. The van der Waals surface area contributed by atoms with Crippen LogP contribution in [0.4, 0.5) is 0 Å². The molecule has 1 unspecified atom stereocenters. The van der Waals surface area contributed by atoms with Gasteiger partial charge < -0.3 is 10.1 Å². The molecule has 0 bridgehead atoms. The van der Waals surface area contributed by atoms with Gasteiger partial charge in [-0.15, -0.1) is 11.3 Å². The van der Waals surface area contributed by atoms with Gasteiger partial charge in [-0.25, -0.2) is 4.98 Å². The second kappa shape index (κ2) is 8.11. The Labute approximate surface area is 127 Å². The van der Waals surface area contributed by atoms with Crippen molar-refractivity contribution in [2.75, 3.05) is 13.2 Å². The van der Waals surface area contributed by atoms with Crippen LogP contribution in [0.1, 0.15) is 55.6 Å². The van der Waals surface area contributed by atoms with Gasteiger partial charge in [0.2, 0.25) is 0 Å². The fraction of sp³-hybridized carbons (Fsp3) is 0.812.